The number of rotatable bonds is 3. The zero-order valence-electron chi connectivity index (χ0n) is 12.4. The summed E-state index contributed by atoms with van der Waals surface area (Å²) in [5.74, 6) is 0.195. The molecule has 23 heavy (non-hydrogen) atoms. The van der Waals surface area contributed by atoms with Gasteiger partial charge in [-0.3, -0.25) is 10.1 Å². The highest BCUT2D eigenvalue weighted by Crippen LogP contribution is 2.25. The van der Waals surface area contributed by atoms with E-state index >= 15 is 0 Å². The molecule has 1 aliphatic carbocycles. The lowest BCUT2D eigenvalue weighted by Gasteiger charge is -2.16. The number of nitrogens with one attached hydrogen (secondary N) is 1. The van der Waals surface area contributed by atoms with Gasteiger partial charge in [0.05, 0.1) is 4.88 Å². The van der Waals surface area contributed by atoms with Crippen molar-refractivity contribution >= 4 is 23.3 Å². The van der Waals surface area contributed by atoms with Crippen LogP contribution in [-0.4, -0.2) is 16.1 Å². The number of anilines is 1. The molecule has 3 aromatic rings. The molecule has 1 N–H and O–H groups in total. The van der Waals surface area contributed by atoms with Crippen LogP contribution in [0.1, 0.15) is 34.3 Å². The molecule has 6 heteroatoms. The zero-order chi connectivity index (χ0) is 15.6. The van der Waals surface area contributed by atoms with Gasteiger partial charge in [-0.1, -0.05) is 17.2 Å². The van der Waals surface area contributed by atoms with Gasteiger partial charge in [0.25, 0.3) is 11.8 Å². The molecule has 1 aliphatic rings. The second-order valence-corrected chi connectivity index (χ2v) is 6.48. The molecule has 0 aliphatic heterocycles. The van der Waals surface area contributed by atoms with E-state index in [0.717, 1.165) is 17.7 Å². The van der Waals surface area contributed by atoms with E-state index in [9.17, 15) is 4.79 Å². The van der Waals surface area contributed by atoms with Gasteiger partial charge in [-0.15, -0.1) is 16.4 Å². The monoisotopic (exact) mass is 325 g/mol. The average molecular weight is 325 g/mol. The van der Waals surface area contributed by atoms with Crippen molar-refractivity contribution in [3.8, 4) is 10.8 Å². The van der Waals surface area contributed by atoms with Crippen LogP contribution in [-0.2, 0) is 12.8 Å². The molecule has 2 heterocycles. The molecule has 116 valence electrons. The number of nitrogens with zero attached hydrogens (tertiary/aromatic N) is 2. The smallest absolute Gasteiger partial charge is 0.322 e. The predicted molar refractivity (Wildman–Crippen MR) is 88.6 cm³/mol. The van der Waals surface area contributed by atoms with Crippen LogP contribution in [0.2, 0.25) is 0 Å². The lowest BCUT2D eigenvalue weighted by molar-refractivity contribution is 0.102. The summed E-state index contributed by atoms with van der Waals surface area (Å²) < 4.78 is 5.49. The van der Waals surface area contributed by atoms with Gasteiger partial charge in [-0.25, -0.2) is 0 Å². The third kappa shape index (κ3) is 2.90. The minimum absolute atomic E-state index is 0.121. The Morgan fingerprint density at radius 1 is 1.13 bits per heavy atom. The first-order valence-electron chi connectivity index (χ1n) is 7.60. The van der Waals surface area contributed by atoms with Gasteiger partial charge in [0.1, 0.15) is 0 Å². The SMILES string of the molecule is O=C(Nc1nnc(-c2cccs2)o1)c1ccc2c(c1)CCCC2. The number of aromatic nitrogens is 2. The van der Waals surface area contributed by atoms with Crippen molar-refractivity contribution in [2.24, 2.45) is 0 Å². The lowest BCUT2D eigenvalue weighted by Crippen LogP contribution is -2.13. The first-order chi connectivity index (χ1) is 11.3. The van der Waals surface area contributed by atoms with Gasteiger partial charge in [0.15, 0.2) is 0 Å². The first-order valence-corrected chi connectivity index (χ1v) is 8.48. The van der Waals surface area contributed by atoms with E-state index < -0.39 is 0 Å². The van der Waals surface area contributed by atoms with Crippen LogP contribution in [0.15, 0.2) is 40.1 Å². The molecule has 5 nitrogen and oxygen atoms in total. The average Bonchev–Trinajstić information content (AvgIpc) is 3.25. The largest absolute Gasteiger partial charge is 0.402 e. The van der Waals surface area contributed by atoms with E-state index in [1.54, 1.807) is 0 Å². The van der Waals surface area contributed by atoms with E-state index in [0.29, 0.717) is 11.5 Å². The molecular weight excluding hydrogens is 310 g/mol. The van der Waals surface area contributed by atoms with Crippen molar-refractivity contribution in [1.82, 2.24) is 10.2 Å². The number of amides is 1. The Morgan fingerprint density at radius 2 is 2.00 bits per heavy atom. The van der Waals surface area contributed by atoms with Crippen molar-refractivity contribution in [3.05, 3.63) is 52.4 Å². The Morgan fingerprint density at radius 3 is 2.83 bits per heavy atom. The number of fused-ring (bicyclic) bond motifs is 1. The molecule has 0 atom stereocenters. The molecule has 4 rings (SSSR count). The van der Waals surface area contributed by atoms with Crippen LogP contribution in [0.25, 0.3) is 10.8 Å². The van der Waals surface area contributed by atoms with Gasteiger partial charge in [-0.2, -0.15) is 0 Å². The van der Waals surface area contributed by atoms with Crippen LogP contribution >= 0.6 is 11.3 Å². The Balaban J connectivity index is 1.52. The lowest BCUT2D eigenvalue weighted by atomic mass is 9.90. The molecule has 1 amide bonds. The van der Waals surface area contributed by atoms with Crippen molar-refractivity contribution < 1.29 is 9.21 Å². The fourth-order valence-electron chi connectivity index (χ4n) is 2.82. The molecule has 0 fully saturated rings. The molecule has 0 unspecified atom stereocenters. The number of hydrogen-bond donors (Lipinski definition) is 1. The molecular formula is C17H15N3O2S. The van der Waals surface area contributed by atoms with Crippen molar-refractivity contribution in [3.63, 3.8) is 0 Å². The molecule has 2 aromatic heterocycles. The van der Waals surface area contributed by atoms with E-state index in [1.165, 1.54) is 35.3 Å². The third-order valence-corrected chi connectivity index (χ3v) is 4.85. The summed E-state index contributed by atoms with van der Waals surface area (Å²) in [6, 6.07) is 9.81. The molecule has 1 aromatic carbocycles. The predicted octanol–water partition coefficient (Wildman–Crippen LogP) is 3.93. The van der Waals surface area contributed by atoms with Gasteiger partial charge >= 0.3 is 6.01 Å². The molecule has 0 spiro atoms. The van der Waals surface area contributed by atoms with E-state index in [1.807, 2.05) is 35.7 Å². The molecule has 0 bridgehead atoms. The topological polar surface area (TPSA) is 68.0 Å². The summed E-state index contributed by atoms with van der Waals surface area (Å²) in [4.78, 5) is 13.2. The van der Waals surface area contributed by atoms with Gasteiger partial charge in [0.2, 0.25) is 0 Å². The second-order valence-electron chi connectivity index (χ2n) is 5.53. The number of carbonyl (C=O) groups excluding carboxylic acids is 1. The minimum atomic E-state index is -0.222. The highest BCUT2D eigenvalue weighted by molar-refractivity contribution is 7.13. The summed E-state index contributed by atoms with van der Waals surface area (Å²) in [6.45, 7) is 0. The van der Waals surface area contributed by atoms with E-state index in [2.05, 4.69) is 15.5 Å². The summed E-state index contributed by atoms with van der Waals surface area (Å²) in [5, 5.41) is 12.4. The highest BCUT2D eigenvalue weighted by atomic mass is 32.1. The quantitative estimate of drug-likeness (QED) is 0.792. The second kappa shape index (κ2) is 5.96. The highest BCUT2D eigenvalue weighted by Gasteiger charge is 2.16. The molecule has 0 saturated carbocycles. The van der Waals surface area contributed by atoms with Gasteiger partial charge < -0.3 is 4.42 Å². The molecule has 0 saturated heterocycles. The maximum atomic E-state index is 12.4. The summed E-state index contributed by atoms with van der Waals surface area (Å²) in [7, 11) is 0. The first kappa shape index (κ1) is 14.1. The minimum Gasteiger partial charge on any atom is -0.402 e. The normalized spacial score (nSPS) is 13.6. The van der Waals surface area contributed by atoms with Crippen LogP contribution in [0.3, 0.4) is 0 Å². The standard InChI is InChI=1S/C17H15N3O2S/c21-15(13-8-7-11-4-1-2-5-12(11)10-13)18-17-20-19-16(22-17)14-6-3-9-23-14/h3,6-10H,1-2,4-5H2,(H,18,20,21). The number of thiophene rings is 1. The van der Waals surface area contributed by atoms with Crippen molar-refractivity contribution in [2.45, 2.75) is 25.7 Å². The van der Waals surface area contributed by atoms with E-state index in [4.69, 9.17) is 4.42 Å². The fraction of sp³-hybridized carbons (Fsp3) is 0.235. The van der Waals surface area contributed by atoms with Gasteiger partial charge in [0, 0.05) is 5.56 Å². The van der Waals surface area contributed by atoms with Crippen LogP contribution in [0.5, 0.6) is 0 Å². The summed E-state index contributed by atoms with van der Waals surface area (Å²) in [5.41, 5.74) is 3.25. The van der Waals surface area contributed by atoms with E-state index in [-0.39, 0.29) is 11.9 Å². The zero-order valence-corrected chi connectivity index (χ0v) is 13.2. The van der Waals surface area contributed by atoms with Gasteiger partial charge in [-0.05, 0) is 60.4 Å². The van der Waals surface area contributed by atoms with Crippen LogP contribution < -0.4 is 5.32 Å². The van der Waals surface area contributed by atoms with Crippen LogP contribution in [0, 0.1) is 0 Å². The number of carbonyl (C=O) groups is 1. The maximum absolute atomic E-state index is 12.4. The Kier molecular flexibility index (Phi) is 3.67. The van der Waals surface area contributed by atoms with Crippen molar-refractivity contribution in [1.29, 1.82) is 0 Å². The maximum Gasteiger partial charge on any atom is 0.322 e. The Labute approximate surface area is 137 Å². The molecule has 0 radical (unpaired) electrons. The Bertz CT molecular complexity index is 839. The van der Waals surface area contributed by atoms with Crippen molar-refractivity contribution in [2.75, 3.05) is 5.32 Å². The Hall–Kier alpha value is -2.47. The number of benzene rings is 1. The number of hydrogen-bond acceptors (Lipinski definition) is 5. The summed E-state index contributed by atoms with van der Waals surface area (Å²) in [6.07, 6.45) is 4.56. The van der Waals surface area contributed by atoms with Crippen LogP contribution in [0.4, 0.5) is 6.01 Å². The third-order valence-electron chi connectivity index (χ3n) is 3.99. The fourth-order valence-corrected chi connectivity index (χ4v) is 3.46. The number of aryl methyl sites for hydroxylation is 2. The summed E-state index contributed by atoms with van der Waals surface area (Å²) >= 11 is 1.51.